The second-order valence-electron chi connectivity index (χ2n) is 27.8. The summed E-state index contributed by atoms with van der Waals surface area (Å²) in [4.78, 5) is 4.93. The van der Waals surface area contributed by atoms with Crippen molar-refractivity contribution in [1.82, 2.24) is 18.3 Å². The van der Waals surface area contributed by atoms with Crippen LogP contribution in [-0.2, 0) is 10.8 Å². The Bertz CT molecular complexity index is 5720. The molecule has 0 saturated carbocycles. The second kappa shape index (κ2) is 21.9. The van der Waals surface area contributed by atoms with Gasteiger partial charge in [0, 0.05) is 88.6 Å². The van der Waals surface area contributed by atoms with Crippen LogP contribution in [0.15, 0.2) is 315 Å². The van der Waals surface area contributed by atoms with Crippen LogP contribution in [-0.4, -0.2) is 18.3 Å². The van der Waals surface area contributed by atoms with Gasteiger partial charge < -0.3 is 28.1 Å². The number of fused-ring (bicyclic) bond motifs is 13. The summed E-state index contributed by atoms with van der Waals surface area (Å²) in [5, 5.41) is 12.0. The summed E-state index contributed by atoms with van der Waals surface area (Å²) in [6.45, 7) is 13.7. The van der Waals surface area contributed by atoms with Crippen LogP contribution in [0.2, 0.25) is 0 Å². The SMILES string of the molecule is CC(C)(C)c1cccc(-n2c3ccccc3c3c(N(c4ccccc4)c4ccc5c6cc7cc8c9ccc(N(c%10ccccc%10)c%10cccc%11c%10c%10ccccc%10n%11-c%10cccc(C(C)(C)C)c%10)cc9n(-c9ccccc9)c8cc7cc6n(-c6ccccc6)c5c4)cccc32)c1. The zero-order chi connectivity index (χ0) is 64.6. The minimum absolute atomic E-state index is 0.00377. The zero-order valence-corrected chi connectivity index (χ0v) is 54.7. The van der Waals surface area contributed by atoms with Gasteiger partial charge in [-0.1, -0.05) is 199 Å². The summed E-state index contributed by atoms with van der Waals surface area (Å²) in [5.74, 6) is 0. The third-order valence-corrected chi connectivity index (χ3v) is 19.9. The minimum atomic E-state index is -0.00377. The minimum Gasteiger partial charge on any atom is -0.310 e. The lowest BCUT2D eigenvalue weighted by atomic mass is 9.87. The third-order valence-electron chi connectivity index (χ3n) is 19.9. The first-order valence-electron chi connectivity index (χ1n) is 33.5. The Hall–Kier alpha value is -11.9. The van der Waals surface area contributed by atoms with E-state index in [9.17, 15) is 0 Å². The fourth-order valence-corrected chi connectivity index (χ4v) is 15.4. The molecule has 0 amide bonds. The van der Waals surface area contributed by atoms with E-state index >= 15 is 0 Å². The van der Waals surface area contributed by atoms with E-state index in [2.05, 4.69) is 385 Å². The first-order valence-corrected chi connectivity index (χ1v) is 33.5. The van der Waals surface area contributed by atoms with Gasteiger partial charge in [-0.15, -0.1) is 0 Å². The van der Waals surface area contributed by atoms with Gasteiger partial charge in [-0.05, 0) is 190 Å². The summed E-state index contributed by atoms with van der Waals surface area (Å²) in [6, 6.07) is 117. The molecule has 0 fully saturated rings. The van der Waals surface area contributed by atoms with Crippen LogP contribution in [0.3, 0.4) is 0 Å². The number of hydrogen-bond acceptors (Lipinski definition) is 2. The van der Waals surface area contributed by atoms with Crippen molar-refractivity contribution in [3.8, 4) is 22.7 Å². The first-order chi connectivity index (χ1) is 46.9. The van der Waals surface area contributed by atoms with E-state index in [1.165, 1.54) is 76.0 Å². The van der Waals surface area contributed by atoms with Crippen molar-refractivity contribution in [3.05, 3.63) is 327 Å². The highest BCUT2D eigenvalue weighted by molar-refractivity contribution is 6.21. The Kier molecular flexibility index (Phi) is 13.0. The molecule has 6 nitrogen and oxygen atoms in total. The van der Waals surface area contributed by atoms with E-state index < -0.39 is 0 Å². The summed E-state index contributed by atoms with van der Waals surface area (Å²) in [6.07, 6.45) is 0. The lowest BCUT2D eigenvalue weighted by molar-refractivity contribution is 0.589. The second-order valence-corrected chi connectivity index (χ2v) is 27.8. The predicted octanol–water partition coefficient (Wildman–Crippen LogP) is 24.8. The number of aromatic nitrogens is 4. The van der Waals surface area contributed by atoms with Crippen molar-refractivity contribution in [1.29, 1.82) is 0 Å². The van der Waals surface area contributed by atoms with E-state index in [1.807, 2.05) is 0 Å². The maximum atomic E-state index is 2.48. The van der Waals surface area contributed by atoms with Gasteiger partial charge in [0.1, 0.15) is 0 Å². The summed E-state index contributed by atoms with van der Waals surface area (Å²) < 4.78 is 9.87. The molecule has 0 unspecified atom stereocenters. The van der Waals surface area contributed by atoms with E-state index in [1.54, 1.807) is 0 Å². The lowest BCUT2D eigenvalue weighted by Crippen LogP contribution is -2.11. The Labute approximate surface area is 558 Å². The normalized spacial score (nSPS) is 12.3. The van der Waals surface area contributed by atoms with Crippen LogP contribution >= 0.6 is 0 Å². The Morgan fingerprint density at radius 1 is 0.219 bits per heavy atom. The Balaban J connectivity index is 0.833. The molecule has 18 aromatic rings. The molecule has 460 valence electrons. The predicted molar refractivity (Wildman–Crippen MR) is 408 cm³/mol. The van der Waals surface area contributed by atoms with E-state index in [0.717, 1.165) is 90.0 Å². The van der Waals surface area contributed by atoms with Crippen LogP contribution < -0.4 is 9.80 Å². The smallest absolute Gasteiger partial charge is 0.0562 e. The van der Waals surface area contributed by atoms with Crippen LogP contribution in [0.25, 0.3) is 121 Å². The molecular formula is C90H70N6. The van der Waals surface area contributed by atoms with E-state index in [4.69, 9.17) is 0 Å². The lowest BCUT2D eigenvalue weighted by Gasteiger charge is -2.27. The maximum Gasteiger partial charge on any atom is 0.0562 e. The highest BCUT2D eigenvalue weighted by Crippen LogP contribution is 2.49. The molecule has 4 aromatic heterocycles. The zero-order valence-electron chi connectivity index (χ0n) is 54.7. The van der Waals surface area contributed by atoms with Gasteiger partial charge in [-0.3, -0.25) is 0 Å². The summed E-state index contributed by atoms with van der Waals surface area (Å²) in [7, 11) is 0. The topological polar surface area (TPSA) is 26.2 Å². The van der Waals surface area contributed by atoms with Crippen molar-refractivity contribution in [2.24, 2.45) is 0 Å². The summed E-state index contributed by atoms with van der Waals surface area (Å²) >= 11 is 0. The van der Waals surface area contributed by atoms with Crippen LogP contribution in [0.5, 0.6) is 0 Å². The number of para-hydroxylation sites is 6. The maximum absolute atomic E-state index is 2.48. The fourth-order valence-electron chi connectivity index (χ4n) is 15.4. The van der Waals surface area contributed by atoms with Crippen molar-refractivity contribution in [3.63, 3.8) is 0 Å². The standard InChI is InChI=1S/C90H70N6/c1-89(2,3)61-27-23-37-67(55-61)95-77-41-21-19-39-73(77)87-79(43-25-45-81(87)95)91(63-29-11-7-12-30-63)69-47-49-71-75-51-59-52-76-72-50-48-70(58-86(72)94(66-35-17-10-18-36-66)84(76)54-60(59)53-83(75)93(85(71)57-69)65-33-15-9-16-34-65)92(64-31-13-8-14-32-64)80-44-26-46-82-88(80)74-40-20-22-42-78(74)96(82)68-38-24-28-62(56-68)90(4,5)6/h7-58H,1-6H3. The van der Waals surface area contributed by atoms with Crippen molar-refractivity contribution >= 4 is 132 Å². The number of rotatable bonds is 10. The quantitative estimate of drug-likeness (QED) is 0.136. The Morgan fingerprint density at radius 3 is 0.969 bits per heavy atom. The molecule has 0 radical (unpaired) electrons. The van der Waals surface area contributed by atoms with Gasteiger partial charge in [0.2, 0.25) is 0 Å². The highest BCUT2D eigenvalue weighted by atomic mass is 15.2. The van der Waals surface area contributed by atoms with Gasteiger partial charge in [0.15, 0.2) is 0 Å². The molecule has 0 bridgehead atoms. The van der Waals surface area contributed by atoms with E-state index in [-0.39, 0.29) is 10.8 Å². The highest BCUT2D eigenvalue weighted by Gasteiger charge is 2.27. The molecule has 14 aromatic carbocycles. The monoisotopic (exact) mass is 1230 g/mol. The van der Waals surface area contributed by atoms with Crippen LogP contribution in [0.1, 0.15) is 52.7 Å². The first kappa shape index (κ1) is 56.9. The van der Waals surface area contributed by atoms with Crippen molar-refractivity contribution in [2.45, 2.75) is 52.4 Å². The molecule has 96 heavy (non-hydrogen) atoms. The van der Waals surface area contributed by atoms with Crippen molar-refractivity contribution < 1.29 is 0 Å². The molecule has 0 aliphatic carbocycles. The number of benzene rings is 14. The molecule has 6 heteroatoms. The van der Waals surface area contributed by atoms with Crippen LogP contribution in [0, 0.1) is 0 Å². The number of anilines is 6. The van der Waals surface area contributed by atoms with Gasteiger partial charge in [-0.25, -0.2) is 0 Å². The van der Waals surface area contributed by atoms with Gasteiger partial charge in [-0.2, -0.15) is 0 Å². The molecule has 0 atom stereocenters. The molecule has 0 N–H and O–H groups in total. The average molecular weight is 1240 g/mol. The van der Waals surface area contributed by atoms with Crippen molar-refractivity contribution in [2.75, 3.05) is 9.80 Å². The molecule has 18 rings (SSSR count). The average Bonchev–Trinajstić information content (AvgIpc) is 1.57. The third kappa shape index (κ3) is 9.07. The van der Waals surface area contributed by atoms with Crippen LogP contribution in [0.4, 0.5) is 34.1 Å². The van der Waals surface area contributed by atoms with Gasteiger partial charge in [0.25, 0.3) is 0 Å². The fraction of sp³-hybridized carbons (Fsp3) is 0.0889. The number of hydrogen-bond donors (Lipinski definition) is 0. The summed E-state index contributed by atoms with van der Waals surface area (Å²) in [5.41, 5.74) is 22.9. The molecule has 0 saturated heterocycles. The molecule has 0 aliphatic heterocycles. The Morgan fingerprint density at radius 2 is 0.552 bits per heavy atom. The molecule has 4 heterocycles. The van der Waals surface area contributed by atoms with Gasteiger partial charge in [0.05, 0.1) is 55.5 Å². The molecule has 0 aliphatic rings. The van der Waals surface area contributed by atoms with E-state index in [0.29, 0.717) is 0 Å². The molecule has 0 spiro atoms. The molecular weight excluding hydrogens is 1170 g/mol. The van der Waals surface area contributed by atoms with Gasteiger partial charge >= 0.3 is 0 Å². The largest absolute Gasteiger partial charge is 0.310 e. The number of nitrogens with zero attached hydrogens (tertiary/aromatic N) is 6.